The van der Waals surface area contributed by atoms with E-state index in [1.807, 2.05) is 30.0 Å². The Bertz CT molecular complexity index is 385. The molecule has 0 radical (unpaired) electrons. The molecule has 1 aromatic rings. The number of nitrogen functional groups attached to an aromatic ring is 1. The Morgan fingerprint density at radius 1 is 1.41 bits per heavy atom. The van der Waals surface area contributed by atoms with Crippen LogP contribution in [0.2, 0.25) is 0 Å². The van der Waals surface area contributed by atoms with E-state index in [0.29, 0.717) is 12.1 Å². The summed E-state index contributed by atoms with van der Waals surface area (Å²) in [6.07, 6.45) is 4.89. The number of hydrogen-bond acceptors (Lipinski definition) is 4. The molecule has 0 saturated heterocycles. The first-order valence-electron chi connectivity index (χ1n) is 5.76. The highest BCUT2D eigenvalue weighted by Gasteiger charge is 2.00. The number of thioether (sulfide) groups is 1. The Labute approximate surface area is 107 Å². The van der Waals surface area contributed by atoms with Crippen molar-refractivity contribution in [3.8, 4) is 6.07 Å². The Kier molecular flexibility index (Phi) is 6.34. The maximum absolute atomic E-state index is 8.68. The Morgan fingerprint density at radius 2 is 2.24 bits per heavy atom. The molecule has 0 saturated carbocycles. The Balaban J connectivity index is 2.43. The second kappa shape index (κ2) is 7.86. The molecule has 3 N–H and O–H groups in total. The first kappa shape index (κ1) is 13.7. The minimum absolute atomic E-state index is 0.369. The van der Waals surface area contributed by atoms with E-state index in [2.05, 4.69) is 17.6 Å². The van der Waals surface area contributed by atoms with Crippen molar-refractivity contribution in [2.75, 3.05) is 29.6 Å². The molecule has 0 aliphatic rings. The van der Waals surface area contributed by atoms with Crippen LogP contribution in [0, 0.1) is 11.3 Å². The van der Waals surface area contributed by atoms with Crippen molar-refractivity contribution < 1.29 is 0 Å². The number of nitriles is 1. The van der Waals surface area contributed by atoms with Crippen LogP contribution in [0.5, 0.6) is 0 Å². The number of rotatable bonds is 7. The quantitative estimate of drug-likeness (QED) is 0.576. The van der Waals surface area contributed by atoms with Gasteiger partial charge in [-0.25, -0.2) is 0 Å². The van der Waals surface area contributed by atoms with E-state index in [0.717, 1.165) is 17.8 Å². The van der Waals surface area contributed by atoms with Crippen LogP contribution in [0.4, 0.5) is 11.4 Å². The predicted octanol–water partition coefficient (Wildman–Crippen LogP) is 2.89. The number of benzene rings is 1. The van der Waals surface area contributed by atoms with Crippen molar-refractivity contribution >= 4 is 23.1 Å². The first-order valence-corrected chi connectivity index (χ1v) is 7.15. The van der Waals surface area contributed by atoms with Gasteiger partial charge in [-0.2, -0.15) is 17.0 Å². The predicted molar refractivity (Wildman–Crippen MR) is 76.3 cm³/mol. The van der Waals surface area contributed by atoms with Crippen LogP contribution in [-0.2, 0) is 6.42 Å². The highest BCUT2D eigenvalue weighted by molar-refractivity contribution is 7.98. The van der Waals surface area contributed by atoms with Gasteiger partial charge in [-0.15, -0.1) is 0 Å². The van der Waals surface area contributed by atoms with Gasteiger partial charge in [0, 0.05) is 17.9 Å². The summed E-state index contributed by atoms with van der Waals surface area (Å²) in [7, 11) is 0. The topological polar surface area (TPSA) is 61.8 Å². The summed E-state index contributed by atoms with van der Waals surface area (Å²) < 4.78 is 0. The molecule has 0 aliphatic carbocycles. The number of nitrogens with one attached hydrogen (secondary N) is 1. The second-order valence-electron chi connectivity index (χ2n) is 3.88. The van der Waals surface area contributed by atoms with Crippen molar-refractivity contribution in [3.05, 3.63) is 23.8 Å². The molecule has 1 aromatic carbocycles. The van der Waals surface area contributed by atoms with Crippen LogP contribution in [0.15, 0.2) is 18.2 Å². The van der Waals surface area contributed by atoms with E-state index in [1.54, 1.807) is 0 Å². The SMILES string of the molecule is CSCCCCNc1ccc(N)c(CC#N)c1. The van der Waals surface area contributed by atoms with Gasteiger partial charge in [-0.3, -0.25) is 0 Å². The number of nitrogens with two attached hydrogens (primary N) is 1. The summed E-state index contributed by atoms with van der Waals surface area (Å²) in [5.74, 6) is 1.21. The zero-order chi connectivity index (χ0) is 12.5. The third-order valence-electron chi connectivity index (χ3n) is 2.52. The van der Waals surface area contributed by atoms with Gasteiger partial charge in [0.2, 0.25) is 0 Å². The number of unbranched alkanes of at least 4 members (excludes halogenated alkanes) is 1. The van der Waals surface area contributed by atoms with Gasteiger partial charge >= 0.3 is 0 Å². The number of hydrogen-bond donors (Lipinski definition) is 2. The number of anilines is 2. The van der Waals surface area contributed by atoms with Gasteiger partial charge in [0.1, 0.15) is 0 Å². The average Bonchev–Trinajstić information content (AvgIpc) is 2.33. The van der Waals surface area contributed by atoms with Gasteiger partial charge in [0.05, 0.1) is 12.5 Å². The zero-order valence-corrected chi connectivity index (χ0v) is 11.0. The fraction of sp³-hybridized carbons (Fsp3) is 0.462. The lowest BCUT2D eigenvalue weighted by Gasteiger charge is -2.09. The van der Waals surface area contributed by atoms with E-state index in [1.165, 1.54) is 18.6 Å². The largest absolute Gasteiger partial charge is 0.398 e. The standard InChI is InChI=1S/C13H19N3S/c1-17-9-3-2-8-16-12-4-5-13(15)11(10-12)6-7-14/h4-5,10,16H,2-3,6,8-9,15H2,1H3. The van der Waals surface area contributed by atoms with Crippen molar-refractivity contribution in [3.63, 3.8) is 0 Å². The molecule has 0 amide bonds. The molecule has 0 fully saturated rings. The fourth-order valence-corrected chi connectivity index (χ4v) is 2.05. The van der Waals surface area contributed by atoms with E-state index in [4.69, 9.17) is 11.0 Å². The molecule has 0 spiro atoms. The van der Waals surface area contributed by atoms with E-state index in [9.17, 15) is 0 Å². The van der Waals surface area contributed by atoms with E-state index < -0.39 is 0 Å². The van der Waals surface area contributed by atoms with Crippen LogP contribution in [0.3, 0.4) is 0 Å². The van der Waals surface area contributed by atoms with Crippen LogP contribution in [-0.4, -0.2) is 18.6 Å². The second-order valence-corrected chi connectivity index (χ2v) is 4.86. The molecule has 1 rings (SSSR count). The average molecular weight is 249 g/mol. The summed E-state index contributed by atoms with van der Waals surface area (Å²) in [4.78, 5) is 0. The number of nitrogens with zero attached hydrogens (tertiary/aromatic N) is 1. The van der Waals surface area contributed by atoms with Crippen LogP contribution < -0.4 is 11.1 Å². The van der Waals surface area contributed by atoms with Gasteiger partial charge in [0.25, 0.3) is 0 Å². The zero-order valence-electron chi connectivity index (χ0n) is 10.2. The normalized spacial score (nSPS) is 9.88. The molecule has 0 atom stereocenters. The lowest BCUT2D eigenvalue weighted by Crippen LogP contribution is -2.03. The molecule has 3 nitrogen and oxygen atoms in total. The molecule has 0 bridgehead atoms. The highest BCUT2D eigenvalue weighted by atomic mass is 32.2. The molecule has 0 heterocycles. The summed E-state index contributed by atoms with van der Waals surface area (Å²) in [5.41, 5.74) is 8.44. The van der Waals surface area contributed by atoms with Crippen LogP contribution >= 0.6 is 11.8 Å². The monoisotopic (exact) mass is 249 g/mol. The minimum Gasteiger partial charge on any atom is -0.398 e. The smallest absolute Gasteiger partial charge is 0.0670 e. The summed E-state index contributed by atoms with van der Waals surface area (Å²) >= 11 is 1.88. The Hall–Kier alpha value is -1.34. The molecule has 0 aliphatic heterocycles. The van der Waals surface area contributed by atoms with Crippen molar-refractivity contribution in [1.29, 1.82) is 5.26 Å². The summed E-state index contributed by atoms with van der Waals surface area (Å²) in [5, 5.41) is 12.0. The lowest BCUT2D eigenvalue weighted by atomic mass is 10.1. The molecule has 92 valence electrons. The maximum atomic E-state index is 8.68. The molecule has 17 heavy (non-hydrogen) atoms. The fourth-order valence-electron chi connectivity index (χ4n) is 1.56. The lowest BCUT2D eigenvalue weighted by molar-refractivity contribution is 0.843. The minimum atomic E-state index is 0.369. The molecule has 0 aromatic heterocycles. The third-order valence-corrected chi connectivity index (χ3v) is 3.21. The van der Waals surface area contributed by atoms with Crippen molar-refractivity contribution in [1.82, 2.24) is 0 Å². The van der Waals surface area contributed by atoms with Gasteiger partial charge < -0.3 is 11.1 Å². The van der Waals surface area contributed by atoms with Gasteiger partial charge in [-0.1, -0.05) is 0 Å². The molecular weight excluding hydrogens is 230 g/mol. The first-order chi connectivity index (χ1) is 8.27. The third kappa shape index (κ3) is 5.01. The van der Waals surface area contributed by atoms with E-state index >= 15 is 0 Å². The van der Waals surface area contributed by atoms with Crippen molar-refractivity contribution in [2.45, 2.75) is 19.3 Å². The van der Waals surface area contributed by atoms with Crippen LogP contribution in [0.1, 0.15) is 18.4 Å². The van der Waals surface area contributed by atoms with E-state index in [-0.39, 0.29) is 0 Å². The maximum Gasteiger partial charge on any atom is 0.0670 e. The van der Waals surface area contributed by atoms with Gasteiger partial charge in [-0.05, 0) is 48.6 Å². The molecule has 0 unspecified atom stereocenters. The highest BCUT2D eigenvalue weighted by Crippen LogP contribution is 2.18. The van der Waals surface area contributed by atoms with Crippen molar-refractivity contribution in [2.24, 2.45) is 0 Å². The van der Waals surface area contributed by atoms with Gasteiger partial charge in [0.15, 0.2) is 0 Å². The van der Waals surface area contributed by atoms with Crippen LogP contribution in [0.25, 0.3) is 0 Å². The summed E-state index contributed by atoms with van der Waals surface area (Å²) in [6, 6.07) is 7.91. The summed E-state index contributed by atoms with van der Waals surface area (Å²) in [6.45, 7) is 0.969. The molecule has 4 heteroatoms. The Morgan fingerprint density at radius 3 is 2.94 bits per heavy atom. The molecular formula is C13H19N3S.